The van der Waals surface area contributed by atoms with Gasteiger partial charge in [0, 0.05) is 24.1 Å². The standard InChI is InChI=1S/C18H35NO/c1-7-20-17-11-16(18(17,5)6)19-15-10-13(4)8-9-14(15)12(2)3/h12-17,19H,7-11H2,1-6H3. The van der Waals surface area contributed by atoms with Crippen molar-refractivity contribution in [2.75, 3.05) is 6.61 Å². The van der Waals surface area contributed by atoms with Gasteiger partial charge in [-0.05, 0) is 43.9 Å². The summed E-state index contributed by atoms with van der Waals surface area (Å²) in [6.45, 7) is 14.9. The molecule has 0 radical (unpaired) electrons. The summed E-state index contributed by atoms with van der Waals surface area (Å²) in [6.07, 6.45) is 5.81. The molecular weight excluding hydrogens is 246 g/mol. The summed E-state index contributed by atoms with van der Waals surface area (Å²) in [5, 5.41) is 4.02. The van der Waals surface area contributed by atoms with Crippen LogP contribution < -0.4 is 5.32 Å². The molecule has 2 aliphatic carbocycles. The highest BCUT2D eigenvalue weighted by molar-refractivity contribution is 5.04. The number of hydrogen-bond acceptors (Lipinski definition) is 2. The Morgan fingerprint density at radius 2 is 1.90 bits per heavy atom. The molecule has 2 heteroatoms. The Hall–Kier alpha value is -0.0800. The van der Waals surface area contributed by atoms with Crippen LogP contribution in [0.4, 0.5) is 0 Å². The maximum Gasteiger partial charge on any atom is 0.0655 e. The highest BCUT2D eigenvalue weighted by Crippen LogP contribution is 2.44. The minimum Gasteiger partial charge on any atom is -0.378 e. The van der Waals surface area contributed by atoms with Crippen molar-refractivity contribution in [2.45, 2.75) is 85.4 Å². The number of nitrogens with one attached hydrogen (secondary N) is 1. The van der Waals surface area contributed by atoms with Gasteiger partial charge in [-0.3, -0.25) is 0 Å². The van der Waals surface area contributed by atoms with Crippen LogP contribution in [0.2, 0.25) is 0 Å². The van der Waals surface area contributed by atoms with Crippen LogP contribution >= 0.6 is 0 Å². The third kappa shape index (κ3) is 3.22. The van der Waals surface area contributed by atoms with E-state index in [-0.39, 0.29) is 5.41 Å². The Balaban J connectivity index is 1.94. The van der Waals surface area contributed by atoms with Gasteiger partial charge in [-0.25, -0.2) is 0 Å². The maximum absolute atomic E-state index is 5.87. The minimum absolute atomic E-state index is 0.290. The molecule has 0 bridgehead atoms. The maximum atomic E-state index is 5.87. The van der Waals surface area contributed by atoms with E-state index in [9.17, 15) is 0 Å². The lowest BCUT2D eigenvalue weighted by Gasteiger charge is -2.54. The average molecular weight is 281 g/mol. The first-order valence-electron chi connectivity index (χ1n) is 8.73. The second kappa shape index (κ2) is 6.36. The van der Waals surface area contributed by atoms with E-state index in [1.165, 1.54) is 25.7 Å². The van der Waals surface area contributed by atoms with Crippen molar-refractivity contribution in [1.29, 1.82) is 0 Å². The predicted octanol–water partition coefficient (Wildman–Crippen LogP) is 4.24. The summed E-state index contributed by atoms with van der Waals surface area (Å²) in [7, 11) is 0. The van der Waals surface area contributed by atoms with E-state index in [0.717, 1.165) is 24.4 Å². The molecule has 0 amide bonds. The number of ether oxygens (including phenoxy) is 1. The molecule has 1 N–H and O–H groups in total. The molecule has 5 atom stereocenters. The Labute approximate surface area is 126 Å². The molecule has 2 rings (SSSR count). The first-order valence-corrected chi connectivity index (χ1v) is 8.73. The van der Waals surface area contributed by atoms with Crippen molar-refractivity contribution in [3.63, 3.8) is 0 Å². The van der Waals surface area contributed by atoms with Gasteiger partial charge in [0.1, 0.15) is 0 Å². The van der Waals surface area contributed by atoms with Gasteiger partial charge in [0.2, 0.25) is 0 Å². The lowest BCUT2D eigenvalue weighted by Crippen LogP contribution is -2.64. The van der Waals surface area contributed by atoms with E-state index < -0.39 is 0 Å². The molecule has 118 valence electrons. The molecule has 2 saturated carbocycles. The first kappa shape index (κ1) is 16.3. The lowest BCUT2D eigenvalue weighted by atomic mass is 9.63. The molecule has 20 heavy (non-hydrogen) atoms. The van der Waals surface area contributed by atoms with Gasteiger partial charge >= 0.3 is 0 Å². The average Bonchev–Trinajstić information content (AvgIpc) is 2.37. The van der Waals surface area contributed by atoms with Crippen LogP contribution in [0.1, 0.15) is 67.2 Å². The molecular formula is C18H35NO. The lowest BCUT2D eigenvalue weighted by molar-refractivity contribution is -0.119. The highest BCUT2D eigenvalue weighted by atomic mass is 16.5. The molecule has 0 aromatic heterocycles. The molecule has 0 aromatic rings. The first-order chi connectivity index (χ1) is 9.36. The third-order valence-electron chi connectivity index (χ3n) is 5.98. The summed E-state index contributed by atoms with van der Waals surface area (Å²) in [4.78, 5) is 0. The van der Waals surface area contributed by atoms with E-state index in [4.69, 9.17) is 4.74 Å². The Morgan fingerprint density at radius 1 is 1.20 bits per heavy atom. The Kier molecular flexibility index (Phi) is 5.18. The third-order valence-corrected chi connectivity index (χ3v) is 5.98. The Bertz CT molecular complexity index is 313. The van der Waals surface area contributed by atoms with Crippen molar-refractivity contribution >= 4 is 0 Å². The number of rotatable bonds is 5. The van der Waals surface area contributed by atoms with E-state index in [0.29, 0.717) is 18.2 Å². The van der Waals surface area contributed by atoms with Gasteiger partial charge in [0.25, 0.3) is 0 Å². The van der Waals surface area contributed by atoms with Gasteiger partial charge in [-0.1, -0.05) is 41.0 Å². The zero-order chi connectivity index (χ0) is 14.9. The topological polar surface area (TPSA) is 21.3 Å². The van der Waals surface area contributed by atoms with Crippen LogP contribution in [-0.4, -0.2) is 24.8 Å². The fourth-order valence-corrected chi connectivity index (χ4v) is 4.30. The summed E-state index contributed by atoms with van der Waals surface area (Å²) in [5.74, 6) is 2.53. The largest absolute Gasteiger partial charge is 0.378 e. The Morgan fingerprint density at radius 3 is 2.45 bits per heavy atom. The smallest absolute Gasteiger partial charge is 0.0655 e. The summed E-state index contributed by atoms with van der Waals surface area (Å²) in [5.41, 5.74) is 0.290. The zero-order valence-electron chi connectivity index (χ0n) is 14.4. The van der Waals surface area contributed by atoms with E-state index in [1.54, 1.807) is 0 Å². The summed E-state index contributed by atoms with van der Waals surface area (Å²) in [6, 6.07) is 1.35. The van der Waals surface area contributed by atoms with Crippen molar-refractivity contribution in [1.82, 2.24) is 5.32 Å². The monoisotopic (exact) mass is 281 g/mol. The molecule has 0 aromatic carbocycles. The molecule has 0 saturated heterocycles. The molecule has 0 spiro atoms. The van der Waals surface area contributed by atoms with Gasteiger partial charge in [0.15, 0.2) is 0 Å². The summed E-state index contributed by atoms with van der Waals surface area (Å²) >= 11 is 0. The van der Waals surface area contributed by atoms with Crippen LogP contribution in [0.15, 0.2) is 0 Å². The van der Waals surface area contributed by atoms with Crippen molar-refractivity contribution in [3.8, 4) is 0 Å². The second-order valence-corrected chi connectivity index (χ2v) is 8.15. The number of hydrogen-bond donors (Lipinski definition) is 1. The molecule has 2 nitrogen and oxygen atoms in total. The highest BCUT2D eigenvalue weighted by Gasteiger charge is 2.50. The molecule has 0 heterocycles. The van der Waals surface area contributed by atoms with E-state index in [1.807, 2.05) is 0 Å². The van der Waals surface area contributed by atoms with Crippen LogP contribution in [0.3, 0.4) is 0 Å². The molecule has 2 aliphatic rings. The second-order valence-electron chi connectivity index (χ2n) is 8.15. The minimum atomic E-state index is 0.290. The van der Waals surface area contributed by atoms with Crippen molar-refractivity contribution in [2.24, 2.45) is 23.2 Å². The van der Waals surface area contributed by atoms with Crippen LogP contribution in [0.5, 0.6) is 0 Å². The van der Waals surface area contributed by atoms with E-state index in [2.05, 4.69) is 46.9 Å². The summed E-state index contributed by atoms with van der Waals surface area (Å²) < 4.78 is 5.87. The van der Waals surface area contributed by atoms with E-state index >= 15 is 0 Å². The molecule has 0 aliphatic heterocycles. The van der Waals surface area contributed by atoms with Gasteiger partial charge < -0.3 is 10.1 Å². The predicted molar refractivity (Wildman–Crippen MR) is 85.9 cm³/mol. The van der Waals surface area contributed by atoms with Gasteiger partial charge in [-0.15, -0.1) is 0 Å². The van der Waals surface area contributed by atoms with Gasteiger partial charge in [0.05, 0.1) is 6.10 Å². The zero-order valence-corrected chi connectivity index (χ0v) is 14.4. The van der Waals surface area contributed by atoms with Crippen LogP contribution in [-0.2, 0) is 4.74 Å². The van der Waals surface area contributed by atoms with Gasteiger partial charge in [-0.2, -0.15) is 0 Å². The molecule has 5 unspecified atom stereocenters. The van der Waals surface area contributed by atoms with Crippen molar-refractivity contribution < 1.29 is 4.74 Å². The quantitative estimate of drug-likeness (QED) is 0.814. The fourth-order valence-electron chi connectivity index (χ4n) is 4.30. The molecule has 2 fully saturated rings. The fraction of sp³-hybridized carbons (Fsp3) is 1.00. The van der Waals surface area contributed by atoms with Crippen LogP contribution in [0, 0.1) is 23.2 Å². The van der Waals surface area contributed by atoms with Crippen LogP contribution in [0.25, 0.3) is 0 Å². The SMILES string of the molecule is CCOC1CC(NC2CC(C)CCC2C(C)C)C1(C)C. The normalized spacial score (nSPS) is 40.6. The van der Waals surface area contributed by atoms with Crippen molar-refractivity contribution in [3.05, 3.63) is 0 Å².